The van der Waals surface area contributed by atoms with Crippen LogP contribution in [0.1, 0.15) is 49.1 Å². The summed E-state index contributed by atoms with van der Waals surface area (Å²) in [6.07, 6.45) is 4.36. The van der Waals surface area contributed by atoms with E-state index in [0.717, 1.165) is 56.6 Å². The Kier molecular flexibility index (Phi) is 5.87. The number of imide groups is 1. The number of aromatic amines is 1. The number of hydrogen-bond acceptors (Lipinski definition) is 4. The SMILES string of the molecule is Cc1n[nH]c(C)c1CNCCCN1C(=O)NC2(CCCC2)C1=O.Cl. The molecule has 0 bridgehead atoms. The third-order valence-corrected chi connectivity index (χ3v) is 5.02. The van der Waals surface area contributed by atoms with Crippen LogP contribution in [-0.4, -0.2) is 45.7 Å². The van der Waals surface area contributed by atoms with Crippen molar-refractivity contribution >= 4 is 24.3 Å². The van der Waals surface area contributed by atoms with Gasteiger partial charge < -0.3 is 10.6 Å². The molecule has 2 heterocycles. The van der Waals surface area contributed by atoms with Gasteiger partial charge in [0.1, 0.15) is 5.54 Å². The van der Waals surface area contributed by atoms with Crippen LogP contribution in [0, 0.1) is 13.8 Å². The van der Waals surface area contributed by atoms with Crippen molar-refractivity contribution in [1.29, 1.82) is 0 Å². The fraction of sp³-hybridized carbons (Fsp3) is 0.688. The number of hydrogen-bond donors (Lipinski definition) is 3. The van der Waals surface area contributed by atoms with Crippen molar-refractivity contribution in [3.05, 3.63) is 17.0 Å². The van der Waals surface area contributed by atoms with Gasteiger partial charge in [-0.25, -0.2) is 4.79 Å². The molecule has 0 aromatic carbocycles. The summed E-state index contributed by atoms with van der Waals surface area (Å²) in [5.74, 6) is -0.0264. The highest BCUT2D eigenvalue weighted by Gasteiger charge is 2.51. The number of aryl methyl sites for hydroxylation is 2. The van der Waals surface area contributed by atoms with Gasteiger partial charge in [-0.05, 0) is 39.7 Å². The summed E-state index contributed by atoms with van der Waals surface area (Å²) >= 11 is 0. The van der Waals surface area contributed by atoms with E-state index in [0.29, 0.717) is 6.54 Å². The molecule has 24 heavy (non-hydrogen) atoms. The number of aromatic nitrogens is 2. The van der Waals surface area contributed by atoms with Crippen molar-refractivity contribution in [2.45, 2.75) is 58.0 Å². The van der Waals surface area contributed by atoms with E-state index in [1.165, 1.54) is 10.5 Å². The standard InChI is InChI=1S/C16H25N5O2.ClH/c1-11-13(12(2)20-19-11)10-17-8-5-9-21-14(22)16(18-15(21)23)6-3-4-7-16;/h17H,3-10H2,1-2H3,(H,18,23)(H,19,20);1H. The number of nitrogens with zero attached hydrogens (tertiary/aromatic N) is 2. The molecular weight excluding hydrogens is 330 g/mol. The Labute approximate surface area is 148 Å². The highest BCUT2D eigenvalue weighted by Crippen LogP contribution is 2.34. The number of carbonyl (C=O) groups is 2. The van der Waals surface area contributed by atoms with Gasteiger partial charge in [0.15, 0.2) is 0 Å². The van der Waals surface area contributed by atoms with E-state index < -0.39 is 5.54 Å². The van der Waals surface area contributed by atoms with Gasteiger partial charge in [-0.15, -0.1) is 12.4 Å². The molecule has 7 nitrogen and oxygen atoms in total. The minimum absolute atomic E-state index is 0. The lowest BCUT2D eigenvalue weighted by atomic mass is 9.98. The molecule has 3 rings (SSSR count). The molecule has 1 aromatic rings. The van der Waals surface area contributed by atoms with Gasteiger partial charge in [0, 0.05) is 24.3 Å². The quantitative estimate of drug-likeness (QED) is 0.536. The molecule has 1 spiro atoms. The predicted molar refractivity (Wildman–Crippen MR) is 93.1 cm³/mol. The Balaban J connectivity index is 0.00000208. The van der Waals surface area contributed by atoms with Crippen LogP contribution in [0.15, 0.2) is 0 Å². The molecule has 0 radical (unpaired) electrons. The zero-order valence-corrected chi connectivity index (χ0v) is 15.1. The molecule has 2 aliphatic rings. The largest absolute Gasteiger partial charge is 0.325 e. The third-order valence-electron chi connectivity index (χ3n) is 5.02. The van der Waals surface area contributed by atoms with Gasteiger partial charge in [-0.3, -0.25) is 14.8 Å². The van der Waals surface area contributed by atoms with Crippen molar-refractivity contribution in [1.82, 2.24) is 25.7 Å². The second-order valence-electron chi connectivity index (χ2n) is 6.62. The average molecular weight is 356 g/mol. The fourth-order valence-electron chi connectivity index (χ4n) is 3.61. The molecular formula is C16H26ClN5O2. The summed E-state index contributed by atoms with van der Waals surface area (Å²) in [5.41, 5.74) is 2.68. The van der Waals surface area contributed by atoms with Crippen LogP contribution in [0.3, 0.4) is 0 Å². The molecule has 1 aliphatic carbocycles. The van der Waals surface area contributed by atoms with E-state index in [-0.39, 0.29) is 24.3 Å². The summed E-state index contributed by atoms with van der Waals surface area (Å²) in [5, 5.41) is 13.4. The lowest BCUT2D eigenvalue weighted by molar-refractivity contribution is -0.131. The maximum atomic E-state index is 12.5. The van der Waals surface area contributed by atoms with Crippen LogP contribution < -0.4 is 10.6 Å². The Morgan fingerprint density at radius 1 is 1.25 bits per heavy atom. The second-order valence-corrected chi connectivity index (χ2v) is 6.62. The highest BCUT2D eigenvalue weighted by atomic mass is 35.5. The summed E-state index contributed by atoms with van der Waals surface area (Å²) in [6, 6.07) is -0.224. The molecule has 2 fully saturated rings. The van der Waals surface area contributed by atoms with Gasteiger partial charge in [0.25, 0.3) is 5.91 Å². The number of amides is 3. The molecule has 1 saturated carbocycles. The van der Waals surface area contributed by atoms with E-state index in [1.807, 2.05) is 13.8 Å². The Bertz CT molecular complexity index is 590. The van der Waals surface area contributed by atoms with Gasteiger partial charge in [-0.1, -0.05) is 12.8 Å². The summed E-state index contributed by atoms with van der Waals surface area (Å²) < 4.78 is 0. The number of urea groups is 1. The van der Waals surface area contributed by atoms with E-state index in [1.54, 1.807) is 0 Å². The Morgan fingerprint density at radius 3 is 2.58 bits per heavy atom. The predicted octanol–water partition coefficient (Wildman–Crippen LogP) is 1.79. The normalized spacial score (nSPS) is 19.0. The van der Waals surface area contributed by atoms with E-state index in [4.69, 9.17) is 0 Å². The molecule has 1 saturated heterocycles. The highest BCUT2D eigenvalue weighted by molar-refractivity contribution is 6.07. The minimum Gasteiger partial charge on any atom is -0.323 e. The molecule has 1 aliphatic heterocycles. The number of nitrogens with one attached hydrogen (secondary N) is 3. The monoisotopic (exact) mass is 355 g/mol. The molecule has 1 aromatic heterocycles. The van der Waals surface area contributed by atoms with Crippen molar-refractivity contribution in [2.75, 3.05) is 13.1 Å². The summed E-state index contributed by atoms with van der Waals surface area (Å²) in [6.45, 7) is 5.97. The van der Waals surface area contributed by atoms with Crippen LogP contribution in [-0.2, 0) is 11.3 Å². The van der Waals surface area contributed by atoms with Crippen molar-refractivity contribution in [2.24, 2.45) is 0 Å². The number of rotatable bonds is 6. The van der Waals surface area contributed by atoms with E-state index >= 15 is 0 Å². The maximum Gasteiger partial charge on any atom is 0.325 e. The first-order valence-corrected chi connectivity index (χ1v) is 8.39. The third kappa shape index (κ3) is 3.42. The smallest absolute Gasteiger partial charge is 0.323 e. The Morgan fingerprint density at radius 2 is 1.96 bits per heavy atom. The van der Waals surface area contributed by atoms with Crippen molar-refractivity contribution in [3.63, 3.8) is 0 Å². The number of carbonyl (C=O) groups excluding carboxylic acids is 2. The van der Waals surface area contributed by atoms with Crippen molar-refractivity contribution < 1.29 is 9.59 Å². The second kappa shape index (κ2) is 7.53. The maximum absolute atomic E-state index is 12.5. The van der Waals surface area contributed by atoms with Crippen LogP contribution in [0.4, 0.5) is 4.79 Å². The first-order valence-electron chi connectivity index (χ1n) is 8.39. The van der Waals surface area contributed by atoms with Crippen molar-refractivity contribution in [3.8, 4) is 0 Å². The van der Waals surface area contributed by atoms with Gasteiger partial charge in [0.05, 0.1) is 5.69 Å². The molecule has 3 amide bonds. The van der Waals surface area contributed by atoms with Crippen LogP contribution in [0.25, 0.3) is 0 Å². The number of halogens is 1. The van der Waals surface area contributed by atoms with E-state index in [2.05, 4.69) is 20.8 Å². The lowest BCUT2D eigenvalue weighted by Gasteiger charge is -2.20. The van der Waals surface area contributed by atoms with Crippen LogP contribution in [0.5, 0.6) is 0 Å². The van der Waals surface area contributed by atoms with Gasteiger partial charge in [0.2, 0.25) is 0 Å². The average Bonchev–Trinajstić information content (AvgIpc) is 3.17. The zero-order chi connectivity index (χ0) is 16.4. The fourth-order valence-corrected chi connectivity index (χ4v) is 3.61. The Hall–Kier alpha value is -1.60. The lowest BCUT2D eigenvalue weighted by Crippen LogP contribution is -2.44. The molecule has 3 N–H and O–H groups in total. The van der Waals surface area contributed by atoms with Crippen LogP contribution >= 0.6 is 12.4 Å². The molecule has 8 heteroatoms. The molecule has 134 valence electrons. The molecule has 0 atom stereocenters. The first kappa shape index (κ1) is 18.7. The summed E-state index contributed by atoms with van der Waals surface area (Å²) in [7, 11) is 0. The molecule has 0 unspecified atom stereocenters. The zero-order valence-electron chi connectivity index (χ0n) is 14.3. The number of H-pyrrole nitrogens is 1. The first-order chi connectivity index (χ1) is 11.0. The summed E-state index contributed by atoms with van der Waals surface area (Å²) in [4.78, 5) is 25.9. The van der Waals surface area contributed by atoms with Gasteiger partial charge in [-0.2, -0.15) is 5.10 Å². The van der Waals surface area contributed by atoms with Crippen LogP contribution in [0.2, 0.25) is 0 Å². The van der Waals surface area contributed by atoms with E-state index in [9.17, 15) is 9.59 Å². The van der Waals surface area contributed by atoms with Gasteiger partial charge >= 0.3 is 6.03 Å². The topological polar surface area (TPSA) is 90.1 Å². The minimum atomic E-state index is -0.588.